The van der Waals surface area contributed by atoms with Gasteiger partial charge in [0, 0.05) is 35.8 Å². The van der Waals surface area contributed by atoms with E-state index in [-0.39, 0.29) is 88.4 Å². The first kappa shape index (κ1) is 34.7. The molecule has 252 valence electrons. The fourth-order valence-corrected chi connectivity index (χ4v) is 4.04. The Bertz CT molecular complexity index is 1540. The predicted molar refractivity (Wildman–Crippen MR) is 176 cm³/mol. The fraction of sp³-hybridized carbons (Fsp3) is 0.357. The highest BCUT2D eigenvalue weighted by Gasteiger charge is 2.16. The van der Waals surface area contributed by atoms with Crippen molar-refractivity contribution in [3.8, 4) is 0 Å². The fourth-order valence-electron chi connectivity index (χ4n) is 4.04. The molecule has 13 N–H and O–H groups in total. The number of benzene rings is 2. The third kappa shape index (κ3) is 10.4. The van der Waals surface area contributed by atoms with Gasteiger partial charge in [-0.2, -0.15) is 29.9 Å². The highest BCUT2D eigenvalue weighted by Crippen LogP contribution is 2.23. The van der Waals surface area contributed by atoms with Crippen molar-refractivity contribution in [2.45, 2.75) is 12.1 Å². The summed E-state index contributed by atoms with van der Waals surface area (Å²) in [6, 6.07) is 12.6. The standard InChI is InChI=1S/C28H39N13O6/c29-17-2-1-3-20(12-17)32-24-35-23(36-25(37-24)33-21(13-44)14-45)30-18-4-6-19(7-5-18)31-26-38-27(34-22(15-46)16-47)40-28(39-26)41(8-10-42)9-11-43/h1-7,12,21-22,42-47H,8-11,13-16,29H2,(H2,31,34,38,39,40)(H3,30,32,33,35,36,37). The van der Waals surface area contributed by atoms with E-state index in [0.29, 0.717) is 22.7 Å². The van der Waals surface area contributed by atoms with Crippen LogP contribution >= 0.6 is 0 Å². The summed E-state index contributed by atoms with van der Waals surface area (Å²) in [4.78, 5) is 27.8. The number of hydrogen-bond acceptors (Lipinski definition) is 19. The molecular formula is C28H39N13O6. The maximum absolute atomic E-state index is 9.52. The van der Waals surface area contributed by atoms with E-state index in [4.69, 9.17) is 5.73 Å². The Morgan fingerprint density at radius 3 is 1.45 bits per heavy atom. The Morgan fingerprint density at radius 1 is 0.553 bits per heavy atom. The molecule has 47 heavy (non-hydrogen) atoms. The number of nitrogens with two attached hydrogens (primary N) is 1. The molecule has 0 radical (unpaired) electrons. The zero-order valence-corrected chi connectivity index (χ0v) is 25.3. The molecule has 0 spiro atoms. The van der Waals surface area contributed by atoms with E-state index in [1.54, 1.807) is 53.4 Å². The van der Waals surface area contributed by atoms with Crippen molar-refractivity contribution in [1.29, 1.82) is 0 Å². The second-order valence-electron chi connectivity index (χ2n) is 10.0. The van der Waals surface area contributed by atoms with Crippen LogP contribution in [0.15, 0.2) is 48.5 Å². The van der Waals surface area contributed by atoms with E-state index >= 15 is 0 Å². The Morgan fingerprint density at radius 2 is 0.979 bits per heavy atom. The molecule has 2 heterocycles. The highest BCUT2D eigenvalue weighted by molar-refractivity contribution is 5.65. The van der Waals surface area contributed by atoms with Crippen molar-refractivity contribution < 1.29 is 30.6 Å². The molecule has 19 nitrogen and oxygen atoms in total. The lowest BCUT2D eigenvalue weighted by Gasteiger charge is -2.22. The van der Waals surface area contributed by atoms with Crippen LogP contribution in [0, 0.1) is 0 Å². The Labute approximate surface area is 269 Å². The quantitative estimate of drug-likeness (QED) is 0.0551. The van der Waals surface area contributed by atoms with Crippen LogP contribution in [-0.2, 0) is 0 Å². The summed E-state index contributed by atoms with van der Waals surface area (Å²) in [5.74, 6) is 0.804. The lowest BCUT2D eigenvalue weighted by atomic mass is 10.3. The van der Waals surface area contributed by atoms with Crippen LogP contribution in [0.3, 0.4) is 0 Å². The number of aromatic nitrogens is 6. The van der Waals surface area contributed by atoms with Gasteiger partial charge < -0.3 is 67.9 Å². The van der Waals surface area contributed by atoms with Crippen LogP contribution in [-0.4, -0.2) is 125 Å². The number of rotatable bonds is 19. The molecule has 0 bridgehead atoms. The summed E-state index contributed by atoms with van der Waals surface area (Å²) in [7, 11) is 0. The maximum Gasteiger partial charge on any atom is 0.233 e. The van der Waals surface area contributed by atoms with Crippen molar-refractivity contribution in [2.75, 3.05) is 89.9 Å². The third-order valence-electron chi connectivity index (χ3n) is 6.37. The van der Waals surface area contributed by atoms with Gasteiger partial charge in [-0.15, -0.1) is 0 Å². The van der Waals surface area contributed by atoms with Crippen molar-refractivity contribution in [2.24, 2.45) is 0 Å². The van der Waals surface area contributed by atoms with Gasteiger partial charge in [0.1, 0.15) is 0 Å². The zero-order chi connectivity index (χ0) is 33.6. The lowest BCUT2D eigenvalue weighted by Crippen LogP contribution is -2.33. The van der Waals surface area contributed by atoms with Crippen LogP contribution in [0.5, 0.6) is 0 Å². The van der Waals surface area contributed by atoms with E-state index in [9.17, 15) is 30.6 Å². The minimum atomic E-state index is -0.724. The number of aliphatic hydroxyl groups is 6. The van der Waals surface area contributed by atoms with Crippen molar-refractivity contribution in [3.05, 3.63) is 48.5 Å². The molecule has 0 saturated heterocycles. The van der Waals surface area contributed by atoms with Gasteiger partial charge in [0.25, 0.3) is 0 Å². The van der Waals surface area contributed by atoms with Crippen LogP contribution in [0.25, 0.3) is 0 Å². The number of anilines is 10. The molecule has 0 aliphatic carbocycles. The van der Waals surface area contributed by atoms with E-state index in [2.05, 4.69) is 56.5 Å². The van der Waals surface area contributed by atoms with Gasteiger partial charge in [-0.3, -0.25) is 0 Å². The SMILES string of the molecule is Nc1cccc(Nc2nc(Nc3ccc(Nc4nc(NC(CO)CO)nc(N(CCO)CCO)n4)cc3)nc(NC(CO)CO)n2)c1. The molecule has 0 atom stereocenters. The largest absolute Gasteiger partial charge is 0.399 e. The molecule has 4 aromatic rings. The smallest absolute Gasteiger partial charge is 0.233 e. The Hall–Kier alpha value is -5.18. The summed E-state index contributed by atoms with van der Waals surface area (Å²) >= 11 is 0. The van der Waals surface area contributed by atoms with E-state index in [1.807, 2.05) is 0 Å². The summed E-state index contributed by atoms with van der Waals surface area (Å²) in [6.07, 6.45) is 0. The van der Waals surface area contributed by atoms with Gasteiger partial charge in [-0.25, -0.2) is 0 Å². The van der Waals surface area contributed by atoms with E-state index in [0.717, 1.165) is 0 Å². The summed E-state index contributed by atoms with van der Waals surface area (Å²) < 4.78 is 0. The minimum absolute atomic E-state index is 0.0660. The molecule has 4 rings (SSSR count). The van der Waals surface area contributed by atoms with Gasteiger partial charge in [-0.05, 0) is 42.5 Å². The summed E-state index contributed by atoms with van der Waals surface area (Å²) in [5, 5.41) is 72.0. The van der Waals surface area contributed by atoms with Crippen molar-refractivity contribution in [1.82, 2.24) is 29.9 Å². The minimum Gasteiger partial charge on any atom is -0.399 e. The van der Waals surface area contributed by atoms with E-state index < -0.39 is 12.1 Å². The number of nitrogens with zero attached hydrogens (tertiary/aromatic N) is 7. The number of nitrogen functional groups attached to an aromatic ring is 1. The average molecular weight is 654 g/mol. The number of aliphatic hydroxyl groups excluding tert-OH is 6. The van der Waals surface area contributed by atoms with Crippen LogP contribution < -0.4 is 37.2 Å². The first-order valence-electron chi connectivity index (χ1n) is 14.6. The molecule has 0 amide bonds. The second kappa shape index (κ2) is 17.5. The molecule has 2 aromatic carbocycles. The Kier molecular flexibility index (Phi) is 12.9. The molecule has 0 fully saturated rings. The summed E-state index contributed by atoms with van der Waals surface area (Å²) in [5.41, 5.74) is 8.27. The molecular weight excluding hydrogens is 614 g/mol. The Balaban J connectivity index is 1.56. The van der Waals surface area contributed by atoms with Gasteiger partial charge >= 0.3 is 0 Å². The molecule has 2 aromatic heterocycles. The maximum atomic E-state index is 9.52. The number of nitrogens with one attached hydrogen (secondary N) is 5. The summed E-state index contributed by atoms with van der Waals surface area (Å²) in [6.45, 7) is -1.54. The van der Waals surface area contributed by atoms with Crippen LogP contribution in [0.1, 0.15) is 0 Å². The topological polar surface area (TPSA) is 288 Å². The van der Waals surface area contributed by atoms with Crippen LogP contribution in [0.4, 0.5) is 58.4 Å². The first-order chi connectivity index (χ1) is 22.9. The van der Waals surface area contributed by atoms with Crippen LogP contribution in [0.2, 0.25) is 0 Å². The molecule has 0 aliphatic rings. The van der Waals surface area contributed by atoms with Crippen molar-refractivity contribution in [3.63, 3.8) is 0 Å². The first-order valence-corrected chi connectivity index (χ1v) is 14.6. The lowest BCUT2D eigenvalue weighted by molar-refractivity contribution is 0.203. The third-order valence-corrected chi connectivity index (χ3v) is 6.37. The molecule has 19 heteroatoms. The molecule has 0 unspecified atom stereocenters. The number of hydrogen-bond donors (Lipinski definition) is 12. The predicted octanol–water partition coefficient (Wildman–Crippen LogP) is -0.809. The van der Waals surface area contributed by atoms with Crippen molar-refractivity contribution >= 4 is 58.4 Å². The average Bonchev–Trinajstić information content (AvgIpc) is 3.06. The second-order valence-corrected chi connectivity index (χ2v) is 10.0. The van der Waals surface area contributed by atoms with Gasteiger partial charge in [0.2, 0.25) is 35.7 Å². The molecule has 0 aliphatic heterocycles. The zero-order valence-electron chi connectivity index (χ0n) is 25.3. The normalized spacial score (nSPS) is 11.1. The van der Waals surface area contributed by atoms with Gasteiger partial charge in [-0.1, -0.05) is 6.07 Å². The molecule has 0 saturated carbocycles. The highest BCUT2D eigenvalue weighted by atomic mass is 16.3. The monoisotopic (exact) mass is 653 g/mol. The van der Waals surface area contributed by atoms with Gasteiger partial charge in [0.05, 0.1) is 51.7 Å². The van der Waals surface area contributed by atoms with E-state index in [1.165, 1.54) is 0 Å². The van der Waals surface area contributed by atoms with Gasteiger partial charge in [0.15, 0.2) is 0 Å².